The van der Waals surface area contributed by atoms with Crippen molar-refractivity contribution in [3.8, 4) is 0 Å². The molecule has 2 aromatic rings. The summed E-state index contributed by atoms with van der Waals surface area (Å²) in [4.78, 5) is 58.6. The van der Waals surface area contributed by atoms with Gasteiger partial charge < -0.3 is 40.3 Å². The molecule has 1 aliphatic rings. The number of aliphatic hydroxyl groups is 2. The first kappa shape index (κ1) is 25.1. The number of nitrogens with one attached hydrogen (secondary N) is 2. The zero-order valence-electron chi connectivity index (χ0n) is 15.4. The minimum Gasteiger partial charge on any atom is -0.387 e. The zero-order valence-corrected chi connectivity index (χ0v) is 18.1. The smallest absolute Gasteiger partial charge is 0.387 e. The van der Waals surface area contributed by atoms with Crippen LogP contribution in [-0.2, 0) is 27.3 Å². The maximum atomic E-state index is 11.9. The van der Waals surface area contributed by atoms with Crippen LogP contribution in [0.1, 0.15) is 6.23 Å². The van der Waals surface area contributed by atoms with Crippen LogP contribution in [0.25, 0.3) is 11.2 Å². The molecule has 2 aromatic heterocycles. The Labute approximate surface area is 176 Å². The van der Waals surface area contributed by atoms with E-state index >= 15 is 0 Å². The lowest BCUT2D eigenvalue weighted by molar-refractivity contribution is -0.0486. The third-order valence-corrected chi connectivity index (χ3v) is 8.20. The number of hydrogen-bond donors (Lipinski definition) is 9. The second-order valence-electron chi connectivity index (χ2n) is 6.33. The van der Waals surface area contributed by atoms with Crippen LogP contribution >= 0.6 is 23.3 Å². The third-order valence-electron chi connectivity index (χ3n) is 3.95. The van der Waals surface area contributed by atoms with Gasteiger partial charge in [-0.05, 0) is 0 Å². The molecule has 1 fully saturated rings. The standard InChI is InChI=1S/C10H17N6O13P3/c11-10-13-7-4(8(19)14-10)12-2-16(7)9-6(18)5(17)3(28-9)1-27-30(20,21)15-31(22,23)29-32(24,25)26/h2-3,5-6,9,17-18H,1H2,(H2,24,25,26)(H3,11,13,14,19)(H3,15,20,21,22,23)/t3-,5-,6-,9-/m1/s1. The van der Waals surface area contributed by atoms with E-state index in [1.165, 1.54) is 0 Å². The van der Waals surface area contributed by atoms with Crippen molar-refractivity contribution in [2.45, 2.75) is 24.5 Å². The number of ether oxygens (including phenoxy) is 1. The van der Waals surface area contributed by atoms with E-state index in [1.54, 1.807) is 0 Å². The van der Waals surface area contributed by atoms with Crippen molar-refractivity contribution in [2.75, 3.05) is 12.3 Å². The number of imidazole rings is 1. The van der Waals surface area contributed by atoms with Crippen molar-refractivity contribution in [3.05, 3.63) is 16.7 Å². The van der Waals surface area contributed by atoms with Gasteiger partial charge in [-0.15, -0.1) is 4.86 Å². The summed E-state index contributed by atoms with van der Waals surface area (Å²) >= 11 is 0. The van der Waals surface area contributed by atoms with Gasteiger partial charge in [0.25, 0.3) is 5.56 Å². The number of aliphatic hydroxyl groups excluding tert-OH is 2. The molecule has 6 atom stereocenters. The Morgan fingerprint density at radius 3 is 2.47 bits per heavy atom. The normalized spacial score (nSPS) is 27.9. The van der Waals surface area contributed by atoms with E-state index in [0.29, 0.717) is 0 Å². The summed E-state index contributed by atoms with van der Waals surface area (Å²) in [6.45, 7) is -0.950. The van der Waals surface area contributed by atoms with Gasteiger partial charge in [-0.2, -0.15) is 9.29 Å². The second-order valence-corrected chi connectivity index (χ2v) is 11.1. The van der Waals surface area contributed by atoms with Crippen molar-refractivity contribution in [3.63, 3.8) is 0 Å². The van der Waals surface area contributed by atoms with Crippen molar-refractivity contribution in [1.82, 2.24) is 24.4 Å². The molecular weight excluding hydrogens is 505 g/mol. The highest BCUT2D eigenvalue weighted by Crippen LogP contribution is 2.60. The lowest BCUT2D eigenvalue weighted by atomic mass is 10.1. The van der Waals surface area contributed by atoms with Crippen LogP contribution in [-0.4, -0.2) is 74.2 Å². The van der Waals surface area contributed by atoms with Gasteiger partial charge in [0.15, 0.2) is 17.4 Å². The van der Waals surface area contributed by atoms with Gasteiger partial charge in [0, 0.05) is 0 Å². The Balaban J connectivity index is 1.72. The molecule has 0 radical (unpaired) electrons. The Kier molecular flexibility index (Phi) is 6.78. The number of hydrogen-bond acceptors (Lipinski definition) is 12. The maximum Gasteiger partial charge on any atom is 0.477 e. The maximum absolute atomic E-state index is 11.9. The summed E-state index contributed by atoms with van der Waals surface area (Å²) in [6, 6.07) is 0. The summed E-state index contributed by atoms with van der Waals surface area (Å²) in [5.74, 6) is -0.268. The van der Waals surface area contributed by atoms with E-state index in [4.69, 9.17) is 20.3 Å². The molecular formula is C10H17N6O13P3. The topological polar surface area (TPSA) is 302 Å². The predicted molar refractivity (Wildman–Crippen MR) is 100 cm³/mol. The van der Waals surface area contributed by atoms with Crippen LogP contribution in [0.2, 0.25) is 0 Å². The minimum atomic E-state index is -5.50. The molecule has 180 valence electrons. The number of anilines is 1. The Morgan fingerprint density at radius 1 is 1.19 bits per heavy atom. The molecule has 0 aromatic carbocycles. The number of aromatic nitrogens is 4. The fourth-order valence-electron chi connectivity index (χ4n) is 2.75. The van der Waals surface area contributed by atoms with E-state index in [9.17, 15) is 38.5 Å². The fraction of sp³-hybridized carbons (Fsp3) is 0.500. The van der Waals surface area contributed by atoms with Gasteiger partial charge in [-0.3, -0.25) is 18.9 Å². The molecule has 0 bridgehead atoms. The van der Waals surface area contributed by atoms with Gasteiger partial charge in [0.2, 0.25) is 5.95 Å². The number of aromatic amines is 1. The molecule has 1 aliphatic heterocycles. The van der Waals surface area contributed by atoms with Crippen LogP contribution in [0.5, 0.6) is 0 Å². The van der Waals surface area contributed by atoms with E-state index in [2.05, 4.69) is 23.8 Å². The third kappa shape index (κ3) is 5.67. The summed E-state index contributed by atoms with van der Waals surface area (Å²) in [6.07, 6.45) is -5.21. The summed E-state index contributed by atoms with van der Waals surface area (Å²) in [5, 5.41) is 20.4. The SMILES string of the molecule is Nc1nc2c(ncn2[C@@H]2O[C@H](COP(=O)(O)NP(=O)(O)OP(=O)(O)O)[C@@H](O)[C@H]2O)c(=O)[nH]1. The van der Waals surface area contributed by atoms with Gasteiger partial charge in [-0.1, -0.05) is 0 Å². The van der Waals surface area contributed by atoms with Crippen molar-refractivity contribution in [1.29, 1.82) is 0 Å². The highest BCUT2D eigenvalue weighted by atomic mass is 31.3. The van der Waals surface area contributed by atoms with Crippen molar-refractivity contribution >= 4 is 40.4 Å². The first-order chi connectivity index (χ1) is 14.6. The number of fused-ring (bicyclic) bond motifs is 1. The molecule has 1 saturated heterocycles. The molecule has 10 N–H and O–H groups in total. The minimum absolute atomic E-state index is 0.102. The van der Waals surface area contributed by atoms with Crippen LogP contribution in [0, 0.1) is 0 Å². The molecule has 22 heteroatoms. The number of H-pyrrole nitrogens is 1. The number of nitrogens with two attached hydrogens (primary N) is 1. The average molecular weight is 522 g/mol. The molecule has 32 heavy (non-hydrogen) atoms. The monoisotopic (exact) mass is 522 g/mol. The number of nitrogens with zero attached hydrogens (tertiary/aromatic N) is 3. The lowest BCUT2D eigenvalue weighted by Crippen LogP contribution is -2.34. The molecule has 0 spiro atoms. The van der Waals surface area contributed by atoms with Crippen molar-refractivity contribution in [2.24, 2.45) is 0 Å². The largest absolute Gasteiger partial charge is 0.477 e. The molecule has 3 rings (SSSR count). The summed E-state index contributed by atoms with van der Waals surface area (Å²) in [5.41, 5.74) is 4.54. The van der Waals surface area contributed by atoms with Gasteiger partial charge in [0.05, 0.1) is 12.9 Å². The molecule has 2 unspecified atom stereocenters. The highest BCUT2D eigenvalue weighted by Gasteiger charge is 2.46. The number of nitrogen functional groups attached to an aromatic ring is 1. The average Bonchev–Trinajstić information content (AvgIpc) is 3.12. The quantitative estimate of drug-likeness (QED) is 0.159. The van der Waals surface area contributed by atoms with Crippen LogP contribution in [0.4, 0.5) is 5.95 Å². The van der Waals surface area contributed by atoms with Crippen LogP contribution < -0.4 is 16.2 Å². The summed E-state index contributed by atoms with van der Waals surface area (Å²) < 4.78 is 48.4. The van der Waals surface area contributed by atoms with Gasteiger partial charge in [-0.25, -0.2) is 18.7 Å². The molecule has 19 nitrogen and oxygen atoms in total. The second kappa shape index (κ2) is 8.66. The first-order valence-electron chi connectivity index (χ1n) is 8.19. The predicted octanol–water partition coefficient (Wildman–Crippen LogP) is -2.76. The van der Waals surface area contributed by atoms with Crippen LogP contribution in [0.15, 0.2) is 11.1 Å². The van der Waals surface area contributed by atoms with E-state index in [0.717, 1.165) is 15.8 Å². The Hall–Kier alpha value is -1.56. The van der Waals surface area contributed by atoms with Crippen molar-refractivity contribution < 1.29 is 57.1 Å². The zero-order chi connectivity index (χ0) is 24.1. The molecule has 0 aliphatic carbocycles. The number of phosphoric acid groups is 1. The summed E-state index contributed by atoms with van der Waals surface area (Å²) in [7, 11) is -16.2. The lowest BCUT2D eigenvalue weighted by Gasteiger charge is -2.20. The molecule has 0 amide bonds. The first-order valence-corrected chi connectivity index (χ1v) is 12.9. The molecule has 0 saturated carbocycles. The van der Waals surface area contributed by atoms with E-state index in [1.807, 2.05) is 0 Å². The highest BCUT2D eigenvalue weighted by molar-refractivity contribution is 7.70. The number of rotatable bonds is 8. The Bertz CT molecular complexity index is 1210. The van der Waals surface area contributed by atoms with E-state index in [-0.39, 0.29) is 17.1 Å². The van der Waals surface area contributed by atoms with E-state index < -0.39 is 60.0 Å². The Morgan fingerprint density at radius 2 is 1.84 bits per heavy atom. The fourth-order valence-corrected chi connectivity index (χ4v) is 6.24. The van der Waals surface area contributed by atoms with Crippen LogP contribution in [0.3, 0.4) is 0 Å². The van der Waals surface area contributed by atoms with Gasteiger partial charge in [0.1, 0.15) is 18.3 Å². The van der Waals surface area contributed by atoms with Gasteiger partial charge >= 0.3 is 23.3 Å². The molecule has 3 heterocycles.